The molecule has 1 aromatic heterocycles. The Labute approximate surface area is 191 Å². The Morgan fingerprint density at radius 3 is 2.70 bits per heavy atom. The fourth-order valence-corrected chi connectivity index (χ4v) is 5.05. The van der Waals surface area contributed by atoms with Crippen molar-refractivity contribution in [3.8, 4) is 11.1 Å². The predicted octanol–water partition coefficient (Wildman–Crippen LogP) is 2.99. The Hall–Kier alpha value is -3.33. The third-order valence-electron chi connectivity index (χ3n) is 6.67. The van der Waals surface area contributed by atoms with Crippen molar-refractivity contribution in [2.45, 2.75) is 18.7 Å². The van der Waals surface area contributed by atoms with E-state index in [4.69, 9.17) is 15.2 Å². The third-order valence-corrected chi connectivity index (χ3v) is 6.67. The molecule has 170 valence electrons. The summed E-state index contributed by atoms with van der Waals surface area (Å²) in [6.07, 6.45) is 5.36. The number of ether oxygens (including phenoxy) is 2. The van der Waals surface area contributed by atoms with Crippen molar-refractivity contribution in [2.75, 3.05) is 20.3 Å². The van der Waals surface area contributed by atoms with Gasteiger partial charge in [-0.3, -0.25) is 14.0 Å². The van der Waals surface area contributed by atoms with Crippen LogP contribution >= 0.6 is 0 Å². The number of primary amides is 1. The summed E-state index contributed by atoms with van der Waals surface area (Å²) in [5, 5.41) is 4.24. The van der Waals surface area contributed by atoms with E-state index in [1.165, 1.54) is 6.07 Å². The van der Waals surface area contributed by atoms with Crippen molar-refractivity contribution in [2.24, 2.45) is 12.8 Å². The smallest absolute Gasteiger partial charge is 0.255 e. The number of carbonyl (C=O) groups excluding carboxylic acids is 1. The molecular weight excluding hydrogens is 423 g/mol. The molecule has 2 N–H and O–H groups in total. The summed E-state index contributed by atoms with van der Waals surface area (Å²) in [7, 11) is 3.53. The number of hydrogen-bond acceptors (Lipinski definition) is 4. The Balaban J connectivity index is 1.61. The molecular formula is C25H26FN4O3+. The van der Waals surface area contributed by atoms with Gasteiger partial charge in [0.2, 0.25) is 0 Å². The van der Waals surface area contributed by atoms with E-state index in [9.17, 15) is 9.18 Å². The molecule has 1 fully saturated rings. The second-order valence-electron chi connectivity index (χ2n) is 8.61. The maximum Gasteiger partial charge on any atom is 0.255 e. The lowest BCUT2D eigenvalue weighted by atomic mass is 10.0. The third kappa shape index (κ3) is 3.56. The number of quaternary nitrogens is 1. The van der Waals surface area contributed by atoms with Crippen LogP contribution < -0.4 is 10.2 Å². The van der Waals surface area contributed by atoms with Crippen LogP contribution in [0.15, 0.2) is 61.1 Å². The van der Waals surface area contributed by atoms with Gasteiger partial charge in [0.1, 0.15) is 42.5 Å². The first-order chi connectivity index (χ1) is 15.9. The monoisotopic (exact) mass is 449 g/mol. The number of carbonyl (C=O) groups is 1. The quantitative estimate of drug-likeness (QED) is 0.587. The highest BCUT2D eigenvalue weighted by atomic mass is 19.1. The first kappa shape index (κ1) is 21.5. The molecule has 0 spiro atoms. The van der Waals surface area contributed by atoms with Gasteiger partial charge >= 0.3 is 0 Å². The second kappa shape index (κ2) is 8.22. The van der Waals surface area contributed by atoms with Crippen molar-refractivity contribution in [3.63, 3.8) is 0 Å². The van der Waals surface area contributed by atoms with Crippen molar-refractivity contribution in [1.82, 2.24) is 14.3 Å². The number of nitrogens with zero attached hydrogens (tertiary/aromatic N) is 3. The number of hydrogen-bond donors (Lipinski definition) is 1. The molecule has 3 heterocycles. The molecule has 5 rings (SSSR count). The van der Waals surface area contributed by atoms with Gasteiger partial charge in [0.15, 0.2) is 6.04 Å². The molecule has 2 aliphatic heterocycles. The van der Waals surface area contributed by atoms with E-state index in [0.717, 1.165) is 16.7 Å². The minimum absolute atomic E-state index is 0.162. The molecule has 3 aromatic rings. The van der Waals surface area contributed by atoms with Crippen molar-refractivity contribution in [3.05, 3.63) is 78.0 Å². The van der Waals surface area contributed by atoms with E-state index in [0.29, 0.717) is 25.4 Å². The van der Waals surface area contributed by atoms with Crippen molar-refractivity contribution < 1.29 is 18.7 Å². The molecule has 1 unspecified atom stereocenters. The number of aryl methyl sites for hydroxylation is 1. The zero-order valence-electron chi connectivity index (χ0n) is 18.6. The SMILES string of the molecule is CO[C@H]1COC[C@@H]1[N+]1(Cc2ccc(-c3cnn(C)c3)cc2)C=C(C(N)=O)c2c(F)cccc21. The number of fused-ring (bicyclic) bond motifs is 1. The highest BCUT2D eigenvalue weighted by Crippen LogP contribution is 2.46. The lowest BCUT2D eigenvalue weighted by Crippen LogP contribution is -2.56. The summed E-state index contributed by atoms with van der Waals surface area (Å²) >= 11 is 0. The van der Waals surface area contributed by atoms with Gasteiger partial charge in [0.05, 0.1) is 18.4 Å². The van der Waals surface area contributed by atoms with E-state index < -0.39 is 11.7 Å². The molecule has 2 aliphatic rings. The predicted molar refractivity (Wildman–Crippen MR) is 123 cm³/mol. The van der Waals surface area contributed by atoms with E-state index in [-0.39, 0.29) is 27.8 Å². The average molecular weight is 450 g/mol. The summed E-state index contributed by atoms with van der Waals surface area (Å²) in [4.78, 5) is 12.3. The molecule has 1 saturated heterocycles. The van der Waals surface area contributed by atoms with E-state index >= 15 is 0 Å². The summed E-state index contributed by atoms with van der Waals surface area (Å²) in [5.41, 5.74) is 9.95. The summed E-state index contributed by atoms with van der Waals surface area (Å²) in [6, 6.07) is 12.9. The number of methoxy groups -OCH3 is 1. The van der Waals surface area contributed by atoms with Gasteiger partial charge in [-0.05, 0) is 11.6 Å². The molecule has 7 nitrogen and oxygen atoms in total. The van der Waals surface area contributed by atoms with Gasteiger partial charge in [-0.1, -0.05) is 30.3 Å². The van der Waals surface area contributed by atoms with Crippen LogP contribution in [-0.2, 0) is 27.9 Å². The van der Waals surface area contributed by atoms with Gasteiger partial charge in [-0.15, -0.1) is 0 Å². The number of nitrogens with two attached hydrogens (primary N) is 1. The van der Waals surface area contributed by atoms with Crippen LogP contribution in [0.25, 0.3) is 16.7 Å². The first-order valence-electron chi connectivity index (χ1n) is 10.8. The number of aromatic nitrogens is 2. The topological polar surface area (TPSA) is 79.4 Å². The van der Waals surface area contributed by atoms with Crippen LogP contribution in [0, 0.1) is 5.82 Å². The van der Waals surface area contributed by atoms with Crippen LogP contribution in [0.1, 0.15) is 11.1 Å². The molecule has 1 amide bonds. The van der Waals surface area contributed by atoms with Crippen LogP contribution in [0.4, 0.5) is 10.1 Å². The van der Waals surface area contributed by atoms with E-state index in [2.05, 4.69) is 17.2 Å². The van der Waals surface area contributed by atoms with Crippen molar-refractivity contribution >= 4 is 17.2 Å². The Bertz CT molecular complexity index is 1240. The average Bonchev–Trinajstić information content (AvgIpc) is 3.53. The maximum atomic E-state index is 15.0. The molecule has 33 heavy (non-hydrogen) atoms. The van der Waals surface area contributed by atoms with Crippen LogP contribution in [-0.4, -0.2) is 48.2 Å². The number of halogens is 1. The van der Waals surface area contributed by atoms with Gasteiger partial charge in [-0.25, -0.2) is 4.39 Å². The van der Waals surface area contributed by atoms with E-state index in [1.54, 1.807) is 24.1 Å². The zero-order chi connectivity index (χ0) is 23.2. The molecule has 0 radical (unpaired) electrons. The van der Waals surface area contributed by atoms with Gasteiger partial charge in [-0.2, -0.15) is 5.10 Å². The molecule has 3 atom stereocenters. The number of benzene rings is 2. The van der Waals surface area contributed by atoms with Gasteiger partial charge < -0.3 is 15.2 Å². The highest BCUT2D eigenvalue weighted by Gasteiger charge is 2.52. The zero-order valence-corrected chi connectivity index (χ0v) is 18.6. The van der Waals surface area contributed by atoms with E-state index in [1.807, 2.05) is 37.6 Å². The lowest BCUT2D eigenvalue weighted by Gasteiger charge is -2.39. The fraction of sp³-hybridized carbons (Fsp3) is 0.280. The van der Waals surface area contributed by atoms with Gasteiger partial charge in [0, 0.05) is 37.5 Å². The lowest BCUT2D eigenvalue weighted by molar-refractivity contribution is -0.112. The summed E-state index contributed by atoms with van der Waals surface area (Å²) in [6.45, 7) is 1.35. The minimum atomic E-state index is -0.652. The summed E-state index contributed by atoms with van der Waals surface area (Å²) in [5.74, 6) is -1.11. The van der Waals surface area contributed by atoms with Crippen LogP contribution in [0.5, 0.6) is 0 Å². The van der Waals surface area contributed by atoms with Crippen LogP contribution in [0.3, 0.4) is 0 Å². The largest absolute Gasteiger partial charge is 0.373 e. The number of rotatable bonds is 6. The molecule has 0 bridgehead atoms. The van der Waals surface area contributed by atoms with Crippen LogP contribution in [0.2, 0.25) is 0 Å². The number of amides is 1. The Kier molecular flexibility index (Phi) is 5.36. The second-order valence-corrected chi connectivity index (χ2v) is 8.61. The normalized spacial score (nSPS) is 24.0. The Morgan fingerprint density at radius 1 is 1.24 bits per heavy atom. The highest BCUT2D eigenvalue weighted by molar-refractivity contribution is 6.22. The van der Waals surface area contributed by atoms with Gasteiger partial charge in [0.25, 0.3) is 5.91 Å². The molecule has 2 aromatic carbocycles. The maximum absolute atomic E-state index is 15.0. The Morgan fingerprint density at radius 2 is 2.03 bits per heavy atom. The molecule has 0 aliphatic carbocycles. The molecule has 8 heteroatoms. The summed E-state index contributed by atoms with van der Waals surface area (Å²) < 4.78 is 28.4. The fourth-order valence-electron chi connectivity index (χ4n) is 5.05. The minimum Gasteiger partial charge on any atom is -0.373 e. The molecule has 0 saturated carbocycles. The van der Waals surface area contributed by atoms with Crippen molar-refractivity contribution in [1.29, 1.82) is 0 Å². The first-order valence-corrected chi connectivity index (χ1v) is 10.8. The standard InChI is InChI=1S/C25H25FN4O3/c1-29-11-18(10-28-29)17-8-6-16(7-9-17)12-30(22-14-33-15-23(22)32-2)13-19(25(27)31)24-20(26)4-3-5-21(24)30/h3-11,13,22-23H,12,14-15H2,1-2H3,(H-,27,31)/p+1/t22-,23-,30?/m0/s1.